The van der Waals surface area contributed by atoms with Crippen LogP contribution in [0.5, 0.6) is 5.75 Å². The van der Waals surface area contributed by atoms with Gasteiger partial charge in [-0.3, -0.25) is 9.59 Å². The van der Waals surface area contributed by atoms with E-state index in [4.69, 9.17) is 4.74 Å². The topological polar surface area (TPSA) is 92.6 Å². The van der Waals surface area contributed by atoms with Crippen LogP contribution in [0.3, 0.4) is 0 Å². The summed E-state index contributed by atoms with van der Waals surface area (Å²) in [6.07, 6.45) is 1.53. The first kappa shape index (κ1) is 21.3. The van der Waals surface area contributed by atoms with Crippen LogP contribution >= 0.6 is 11.8 Å². The highest BCUT2D eigenvalue weighted by molar-refractivity contribution is 7.98. The lowest BCUT2D eigenvalue weighted by Crippen LogP contribution is -2.23. The number of aromatic amines is 1. The quantitative estimate of drug-likeness (QED) is 0.420. The smallest absolute Gasteiger partial charge is 0.290 e. The van der Waals surface area contributed by atoms with Gasteiger partial charge in [0.25, 0.3) is 5.56 Å². The number of rotatable bonds is 7. The summed E-state index contributed by atoms with van der Waals surface area (Å²) >= 11 is 1.49. The molecule has 168 valence electrons. The Hall–Kier alpha value is -3.59. The second-order valence-corrected chi connectivity index (χ2v) is 8.67. The van der Waals surface area contributed by atoms with Crippen molar-refractivity contribution < 1.29 is 9.53 Å². The van der Waals surface area contributed by atoms with Gasteiger partial charge in [0, 0.05) is 30.0 Å². The van der Waals surface area contributed by atoms with E-state index in [9.17, 15) is 9.59 Å². The molecule has 1 N–H and O–H groups in total. The number of fused-ring (bicyclic) bond motifs is 1. The number of hydrogen-bond donors (Lipinski definition) is 1. The first-order valence-electron chi connectivity index (χ1n) is 10.9. The second-order valence-electron chi connectivity index (χ2n) is 7.72. The molecule has 8 nitrogen and oxygen atoms in total. The Balaban J connectivity index is 1.35. The standard InChI is InChI=1S/C24H23N5O3S/c1-2-32-19-11-7-17(8-12-19)20-14-21-23(31)25-26-24(29(21)27-20)33-15-16-5-9-18(10-6-16)28-13-3-4-22(28)30/h5-12,14H,2-4,13,15H2,1H3,(H,25,31). The van der Waals surface area contributed by atoms with Gasteiger partial charge in [0.05, 0.1) is 12.3 Å². The summed E-state index contributed by atoms with van der Waals surface area (Å²) in [7, 11) is 0. The number of aromatic nitrogens is 4. The largest absolute Gasteiger partial charge is 0.494 e. The maximum Gasteiger partial charge on any atom is 0.290 e. The van der Waals surface area contributed by atoms with Crippen LogP contribution in [0, 0.1) is 0 Å². The van der Waals surface area contributed by atoms with E-state index in [-0.39, 0.29) is 11.5 Å². The maximum atomic E-state index is 12.3. The Bertz CT molecular complexity index is 1350. The van der Waals surface area contributed by atoms with Gasteiger partial charge in [-0.05, 0) is 61.4 Å². The van der Waals surface area contributed by atoms with E-state index >= 15 is 0 Å². The molecule has 2 aromatic heterocycles. The second kappa shape index (κ2) is 9.11. The number of anilines is 1. The zero-order chi connectivity index (χ0) is 22.8. The highest BCUT2D eigenvalue weighted by Crippen LogP contribution is 2.27. The molecule has 0 aliphatic carbocycles. The summed E-state index contributed by atoms with van der Waals surface area (Å²) in [4.78, 5) is 26.1. The van der Waals surface area contributed by atoms with E-state index in [2.05, 4.69) is 15.3 Å². The Morgan fingerprint density at radius 3 is 2.58 bits per heavy atom. The van der Waals surface area contributed by atoms with Crippen LogP contribution in [0.1, 0.15) is 25.3 Å². The van der Waals surface area contributed by atoms with Gasteiger partial charge in [-0.15, -0.1) is 5.10 Å². The fourth-order valence-electron chi connectivity index (χ4n) is 3.86. The number of carbonyl (C=O) groups excluding carboxylic acids is 1. The molecular formula is C24H23N5O3S. The molecule has 4 aromatic rings. The van der Waals surface area contributed by atoms with Crippen LogP contribution in [0.25, 0.3) is 16.8 Å². The molecule has 0 spiro atoms. The van der Waals surface area contributed by atoms with Gasteiger partial charge in [-0.1, -0.05) is 23.9 Å². The first-order chi connectivity index (χ1) is 16.1. The summed E-state index contributed by atoms with van der Waals surface area (Å²) in [5.41, 5.74) is 3.77. The van der Waals surface area contributed by atoms with Crippen LogP contribution in [0.4, 0.5) is 5.69 Å². The molecule has 0 saturated carbocycles. The molecule has 1 saturated heterocycles. The van der Waals surface area contributed by atoms with Gasteiger partial charge in [0.1, 0.15) is 11.3 Å². The van der Waals surface area contributed by atoms with Crippen molar-refractivity contribution in [1.29, 1.82) is 0 Å². The van der Waals surface area contributed by atoms with Crippen LogP contribution in [0.15, 0.2) is 64.5 Å². The van der Waals surface area contributed by atoms with Crippen molar-refractivity contribution in [2.24, 2.45) is 0 Å². The lowest BCUT2D eigenvalue weighted by atomic mass is 10.1. The molecule has 5 rings (SSSR count). The van der Waals surface area contributed by atoms with E-state index in [0.29, 0.717) is 35.1 Å². The van der Waals surface area contributed by atoms with Gasteiger partial charge in [0.2, 0.25) is 11.1 Å². The van der Waals surface area contributed by atoms with Gasteiger partial charge < -0.3 is 9.64 Å². The summed E-state index contributed by atoms with van der Waals surface area (Å²) in [6, 6.07) is 17.4. The van der Waals surface area contributed by atoms with Crippen molar-refractivity contribution >= 4 is 28.9 Å². The van der Waals surface area contributed by atoms with Gasteiger partial charge >= 0.3 is 0 Å². The van der Waals surface area contributed by atoms with Crippen LogP contribution in [-0.4, -0.2) is 38.9 Å². The lowest BCUT2D eigenvalue weighted by molar-refractivity contribution is -0.117. The Morgan fingerprint density at radius 2 is 1.88 bits per heavy atom. The number of amides is 1. The minimum atomic E-state index is -0.288. The van der Waals surface area contributed by atoms with Crippen molar-refractivity contribution in [3.8, 4) is 17.0 Å². The Morgan fingerprint density at radius 1 is 1.09 bits per heavy atom. The summed E-state index contributed by atoms with van der Waals surface area (Å²) in [5, 5.41) is 12.0. The Kier molecular flexibility index (Phi) is 5.87. The zero-order valence-corrected chi connectivity index (χ0v) is 19.0. The number of ether oxygens (including phenoxy) is 1. The van der Waals surface area contributed by atoms with Crippen LogP contribution in [0.2, 0.25) is 0 Å². The highest BCUT2D eigenvalue weighted by atomic mass is 32.2. The van der Waals surface area contributed by atoms with E-state index < -0.39 is 0 Å². The third-order valence-electron chi connectivity index (χ3n) is 5.53. The molecule has 2 aromatic carbocycles. The third-order valence-corrected chi connectivity index (χ3v) is 6.53. The average molecular weight is 462 g/mol. The predicted molar refractivity (Wildman–Crippen MR) is 128 cm³/mol. The highest BCUT2D eigenvalue weighted by Gasteiger charge is 2.21. The van der Waals surface area contributed by atoms with Crippen molar-refractivity contribution in [2.45, 2.75) is 30.7 Å². The Labute approximate surface area is 194 Å². The number of nitrogens with zero attached hydrogens (tertiary/aromatic N) is 4. The SMILES string of the molecule is CCOc1ccc(-c2cc3c(=O)[nH]nc(SCc4ccc(N5CCCC5=O)cc4)n3n2)cc1. The molecule has 1 fully saturated rings. The fourth-order valence-corrected chi connectivity index (χ4v) is 4.72. The minimum absolute atomic E-state index is 0.180. The molecule has 33 heavy (non-hydrogen) atoms. The average Bonchev–Trinajstić information content (AvgIpc) is 3.47. The minimum Gasteiger partial charge on any atom is -0.494 e. The number of thioether (sulfide) groups is 1. The lowest BCUT2D eigenvalue weighted by Gasteiger charge is -2.15. The monoisotopic (exact) mass is 461 g/mol. The van der Waals surface area contributed by atoms with Gasteiger partial charge in [-0.2, -0.15) is 5.10 Å². The normalized spacial score (nSPS) is 13.7. The predicted octanol–water partition coefficient (Wildman–Crippen LogP) is 3.90. The molecule has 1 aliphatic heterocycles. The molecule has 1 aliphatic rings. The van der Waals surface area contributed by atoms with Crippen LogP contribution < -0.4 is 15.2 Å². The summed E-state index contributed by atoms with van der Waals surface area (Å²) in [5.74, 6) is 1.63. The van der Waals surface area contributed by atoms with E-state index in [1.807, 2.05) is 60.4 Å². The van der Waals surface area contributed by atoms with E-state index in [0.717, 1.165) is 35.5 Å². The van der Waals surface area contributed by atoms with Gasteiger partial charge in [0.15, 0.2) is 0 Å². The number of carbonyl (C=O) groups is 1. The van der Waals surface area contributed by atoms with Crippen molar-refractivity contribution in [3.63, 3.8) is 0 Å². The molecule has 0 atom stereocenters. The molecule has 0 unspecified atom stereocenters. The summed E-state index contributed by atoms with van der Waals surface area (Å²) < 4.78 is 7.09. The van der Waals surface area contributed by atoms with Crippen molar-refractivity contribution in [2.75, 3.05) is 18.1 Å². The molecule has 0 radical (unpaired) electrons. The summed E-state index contributed by atoms with van der Waals surface area (Å²) in [6.45, 7) is 3.33. The number of nitrogens with one attached hydrogen (secondary N) is 1. The third kappa shape index (κ3) is 4.36. The van der Waals surface area contributed by atoms with Gasteiger partial charge in [-0.25, -0.2) is 9.61 Å². The van der Waals surface area contributed by atoms with Crippen LogP contribution in [-0.2, 0) is 10.5 Å². The van der Waals surface area contributed by atoms with Crippen molar-refractivity contribution in [3.05, 3.63) is 70.5 Å². The van der Waals surface area contributed by atoms with E-state index in [1.165, 1.54) is 11.8 Å². The molecule has 0 bridgehead atoms. The molecular weight excluding hydrogens is 438 g/mol. The maximum absolute atomic E-state index is 12.3. The first-order valence-corrected chi connectivity index (χ1v) is 11.8. The number of hydrogen-bond acceptors (Lipinski definition) is 6. The zero-order valence-electron chi connectivity index (χ0n) is 18.2. The fraction of sp³-hybridized carbons (Fsp3) is 0.250. The molecule has 1 amide bonds. The molecule has 3 heterocycles. The number of benzene rings is 2. The molecule has 9 heteroatoms. The number of H-pyrrole nitrogens is 1. The van der Waals surface area contributed by atoms with Crippen molar-refractivity contribution in [1.82, 2.24) is 19.8 Å². The van der Waals surface area contributed by atoms with E-state index in [1.54, 1.807) is 10.6 Å².